The van der Waals surface area contributed by atoms with Crippen LogP contribution in [0.5, 0.6) is 17.2 Å². The Kier molecular flexibility index (Phi) is 34.3. The van der Waals surface area contributed by atoms with Gasteiger partial charge >= 0.3 is 36.4 Å². The number of halogens is 7. The summed E-state index contributed by atoms with van der Waals surface area (Å²) in [6.45, 7) is 30.2. The summed E-state index contributed by atoms with van der Waals surface area (Å²) >= 11 is 0. The summed E-state index contributed by atoms with van der Waals surface area (Å²) in [5.74, 6) is -4.70. The van der Waals surface area contributed by atoms with Crippen molar-refractivity contribution in [2.45, 2.75) is 206 Å². The molecule has 0 saturated carbocycles. The molecule has 0 fully saturated rings. The number of oxime groups is 3. The van der Waals surface area contributed by atoms with Gasteiger partial charge in [0.2, 0.25) is 0 Å². The van der Waals surface area contributed by atoms with Gasteiger partial charge in [0.05, 0.1) is 22.6 Å². The van der Waals surface area contributed by atoms with Crippen LogP contribution in [0.4, 0.5) is 36.4 Å². The van der Waals surface area contributed by atoms with Crippen LogP contribution in [0.3, 0.4) is 0 Å². The third-order valence-corrected chi connectivity index (χ3v) is 26.6. The van der Waals surface area contributed by atoms with E-state index in [4.69, 9.17) is 33.5 Å². The molecule has 3 unspecified atom stereocenters. The lowest BCUT2D eigenvalue weighted by molar-refractivity contribution is -0.384. The number of fused-ring (bicyclic) bond motifs is 13. The van der Waals surface area contributed by atoms with Gasteiger partial charge in [0.25, 0.3) is 5.69 Å². The third-order valence-electron chi connectivity index (χ3n) is 26.6. The number of aromatic nitrogens is 3. The van der Waals surface area contributed by atoms with Crippen LogP contribution in [0, 0.1) is 70.4 Å². The van der Waals surface area contributed by atoms with Crippen molar-refractivity contribution in [3.63, 3.8) is 0 Å². The van der Waals surface area contributed by atoms with Crippen molar-refractivity contribution < 1.29 is 93.1 Å². The van der Waals surface area contributed by atoms with Crippen molar-refractivity contribution in [1.29, 1.82) is 0 Å². The Morgan fingerprint density at radius 2 is 0.782 bits per heavy atom. The van der Waals surface area contributed by atoms with Gasteiger partial charge in [0.15, 0.2) is 24.8 Å². The zero-order chi connectivity index (χ0) is 106. The molecule has 147 heavy (non-hydrogen) atoms. The Hall–Kier alpha value is -15.2. The number of nitro benzene ring substituents is 1. The zero-order valence-corrected chi connectivity index (χ0v) is 85.6. The van der Waals surface area contributed by atoms with Gasteiger partial charge in [-0.05, 0) is 247 Å². The molecule has 16 rings (SSSR count). The molecule has 13 aromatic carbocycles. The number of nitrogens with zero attached hydrogens (tertiary/aromatic N) is 7. The molecular formula is C119H120F7N7O14. The fourth-order valence-corrected chi connectivity index (χ4v) is 19.8. The van der Waals surface area contributed by atoms with Gasteiger partial charge in [-0.25, -0.2) is 23.2 Å². The number of ketones is 2. The fraction of sp³-hybridized carbons (Fsp3) is 0.311. The number of benzene rings is 13. The van der Waals surface area contributed by atoms with Gasteiger partial charge in [-0.1, -0.05) is 184 Å². The minimum absolute atomic E-state index is 0.0241. The number of nitro groups is 1. The zero-order valence-electron chi connectivity index (χ0n) is 85.6. The third kappa shape index (κ3) is 24.5. The van der Waals surface area contributed by atoms with Crippen molar-refractivity contribution in [2.75, 3.05) is 26.9 Å². The molecule has 3 aromatic heterocycles. The minimum Gasteiger partial charge on any atom is -0.488 e. The van der Waals surface area contributed by atoms with Crippen molar-refractivity contribution in [1.82, 2.24) is 13.7 Å². The van der Waals surface area contributed by atoms with Gasteiger partial charge in [0, 0.05) is 180 Å². The van der Waals surface area contributed by atoms with Crippen LogP contribution in [0.15, 0.2) is 240 Å². The highest BCUT2D eigenvalue weighted by Crippen LogP contribution is 2.44. The van der Waals surface area contributed by atoms with Crippen LogP contribution >= 0.6 is 0 Å². The number of rotatable bonds is 37. The number of hydrogen-bond acceptors (Lipinski definition) is 17. The summed E-state index contributed by atoms with van der Waals surface area (Å²) in [5.41, 5.74) is 19.9. The van der Waals surface area contributed by atoms with Crippen molar-refractivity contribution in [2.24, 2.45) is 27.3 Å². The second kappa shape index (κ2) is 46.9. The van der Waals surface area contributed by atoms with Gasteiger partial charge in [0.1, 0.15) is 40.5 Å². The predicted molar refractivity (Wildman–Crippen MR) is 567 cm³/mol. The first-order valence-corrected chi connectivity index (χ1v) is 49.4. The number of non-ortho nitro benzene ring substituents is 1. The smallest absolute Gasteiger partial charge is 0.422 e. The molecule has 0 N–H and O–H groups in total. The van der Waals surface area contributed by atoms with Crippen LogP contribution in [0.25, 0.3) is 87.0 Å². The Labute approximate surface area is 848 Å². The van der Waals surface area contributed by atoms with Crippen molar-refractivity contribution in [3.8, 4) is 17.2 Å². The van der Waals surface area contributed by atoms with E-state index in [0.29, 0.717) is 92.2 Å². The maximum Gasteiger partial charge on any atom is 0.422 e. The number of methoxy groups -OCH3 is 1. The van der Waals surface area contributed by atoms with E-state index in [0.717, 1.165) is 196 Å². The lowest BCUT2D eigenvalue weighted by atomic mass is 9.89. The highest BCUT2D eigenvalue weighted by Gasteiger charge is 2.42. The van der Waals surface area contributed by atoms with E-state index < -0.39 is 54.6 Å². The lowest BCUT2D eigenvalue weighted by Gasteiger charge is -2.19. The largest absolute Gasteiger partial charge is 0.488 e. The maximum absolute atomic E-state index is 14.7. The van der Waals surface area contributed by atoms with Gasteiger partial charge in [-0.3, -0.25) is 19.7 Å². The van der Waals surface area contributed by atoms with Crippen LogP contribution in [-0.2, 0) is 53.3 Å². The van der Waals surface area contributed by atoms with Crippen molar-refractivity contribution >= 4 is 139 Å². The predicted octanol–water partition coefficient (Wildman–Crippen LogP) is 29.3. The second-order valence-electron chi connectivity index (χ2n) is 37.6. The Morgan fingerprint density at radius 1 is 0.408 bits per heavy atom. The summed E-state index contributed by atoms with van der Waals surface area (Å²) < 4.78 is 119. The molecule has 0 saturated heterocycles. The van der Waals surface area contributed by atoms with E-state index >= 15 is 0 Å². The first-order valence-electron chi connectivity index (χ1n) is 49.4. The van der Waals surface area contributed by atoms with Crippen LogP contribution in [0.2, 0.25) is 0 Å². The molecule has 0 aliphatic carbocycles. The molecule has 3 atom stereocenters. The Balaban J connectivity index is 0.000000178. The molecular weight excluding hydrogens is 1880 g/mol. The number of alkyl halides is 7. The molecule has 0 spiro atoms. The average Bonchev–Trinajstić information content (AvgIpc) is 1.57. The van der Waals surface area contributed by atoms with E-state index in [1.165, 1.54) is 63.2 Å². The normalized spacial score (nSPS) is 12.8. The molecule has 0 aliphatic rings. The number of hydrogen-bond donors (Lipinski definition) is 0. The molecule has 0 bridgehead atoms. The standard InChI is InChI=1S/C46H46F4N2O4.C45H45F3N2O4.C28H29N3O6/c1-7-9-12-31(8-2)25-52-40-20-17-33(42(51-56-30(6)53)32-15-18-34(19-16-32)55-26-46(49,50)45(47)48)23-37(40)38-24-39(35-13-10-11-14-36(35)43(38)52)44(54)41-28(4)21-27(3)22-29(41)5;1-7-9-12-31(8-2)25-50-40-20-17-33(42(49-54-30(6)51)32-15-18-34(19-16-32)53-26-45(46,47)48)23-37(40)38-24-39(35-13-10-11-14-36(35)43(38)50)44(52)41-28(4)21-27(3)22-29(41)5;1-6-30-26-11-7-20(14-24(26)25-15-21(31(33)34)8-12-27(25)30)28(29-37-19(4)32)23-10-9-22(13-17(23)2)36-18(3)16-35-5/h10-11,13-24,31,45H,7-9,12,25-26H2,1-6H3;10-11,13-24,31H,7-9,12,25-26H2,1-6H3;7-15,18H,6,16H2,1-5H3/b51-42-;49-42-;29-28-. The molecule has 0 aliphatic heterocycles. The molecule has 16 aromatic rings. The van der Waals surface area contributed by atoms with Gasteiger partial charge < -0.3 is 47.2 Å². The molecule has 21 nitrogen and oxygen atoms in total. The topological polar surface area (TPSA) is 245 Å². The summed E-state index contributed by atoms with van der Waals surface area (Å²) in [6.07, 6.45) is 0.172. The average molecular weight is 2010 g/mol. The second-order valence-corrected chi connectivity index (χ2v) is 37.6. The van der Waals surface area contributed by atoms with Gasteiger partial charge in [-0.2, -0.15) is 22.0 Å². The molecule has 3 heterocycles. The Morgan fingerprint density at radius 3 is 1.16 bits per heavy atom. The molecule has 28 heteroatoms. The number of unbranched alkanes of at least 4 members (excludes halogenated alkanes) is 2. The van der Waals surface area contributed by atoms with Crippen LogP contribution < -0.4 is 14.2 Å². The van der Waals surface area contributed by atoms with E-state index in [9.17, 15) is 64.8 Å². The molecule has 0 amide bonds. The number of ether oxygens (including phenoxy) is 4. The van der Waals surface area contributed by atoms with E-state index in [1.54, 1.807) is 31.4 Å². The first kappa shape index (κ1) is 108. The highest BCUT2D eigenvalue weighted by atomic mass is 19.4. The maximum atomic E-state index is 14.7. The summed E-state index contributed by atoms with van der Waals surface area (Å²) in [7, 11) is 1.62. The number of carbonyl (C=O) groups excluding carboxylic acids is 5. The van der Waals surface area contributed by atoms with E-state index in [1.807, 2.05) is 208 Å². The fourth-order valence-electron chi connectivity index (χ4n) is 19.8. The van der Waals surface area contributed by atoms with Gasteiger partial charge in [-0.15, -0.1) is 0 Å². The monoisotopic (exact) mass is 2000 g/mol. The quantitative estimate of drug-likeness (QED) is 0.00878. The number of carbonyl (C=O) groups is 5. The van der Waals surface area contributed by atoms with Crippen LogP contribution in [0.1, 0.15) is 218 Å². The highest BCUT2D eigenvalue weighted by molar-refractivity contribution is 6.29. The summed E-state index contributed by atoms with van der Waals surface area (Å²) in [5, 5.41) is 32.9. The summed E-state index contributed by atoms with van der Waals surface area (Å²) in [4.78, 5) is 91.3. The molecule has 764 valence electrons. The number of aryl methyl sites for hydroxylation is 8. The minimum atomic E-state index is -4.48. The molecule has 0 radical (unpaired) electrons. The summed E-state index contributed by atoms with van der Waals surface area (Å²) in [6, 6.07) is 68.2. The lowest BCUT2D eigenvalue weighted by Crippen LogP contribution is -2.33. The van der Waals surface area contributed by atoms with E-state index in [2.05, 4.69) is 69.0 Å². The van der Waals surface area contributed by atoms with Crippen LogP contribution in [-0.4, -0.2) is 117 Å². The van der Waals surface area contributed by atoms with Crippen molar-refractivity contribution in [3.05, 3.63) is 329 Å². The first-order chi connectivity index (χ1) is 70.2. The Bertz CT molecular complexity index is 7740. The SMILES string of the molecule is CCCCC(CC)Cn1c2ccc(/C(=N\OC(C)=O)c3ccc(OCC(F)(F)C(F)F)cc3)cc2c2cc(C(=O)c3c(C)cc(C)cc3C)c3ccccc3c21.CCCCC(CC)Cn1c2ccc(/C(=N\OC(C)=O)c3ccc(OCC(F)(F)F)cc3)cc2c2cc(C(=O)c3c(C)cc(C)cc3C)c3ccccc3c21.CCn1c2ccc(/C(=N/OC(C)=O)c3ccc(OC(C)COC)cc3C)cc2c2cc([N+](=O)[O-])ccc21. The van der Waals surface area contributed by atoms with E-state index in [-0.39, 0.29) is 40.6 Å².